The molecule has 31 heavy (non-hydrogen) atoms. The Bertz CT molecular complexity index is 1260. The molecule has 1 amide bonds. The van der Waals surface area contributed by atoms with Crippen LogP contribution in [0.3, 0.4) is 0 Å². The number of aryl methyl sites for hydroxylation is 1. The van der Waals surface area contributed by atoms with Crippen molar-refractivity contribution in [2.75, 3.05) is 17.1 Å². The molecular formula is C21H19ClN4O3S2. The van der Waals surface area contributed by atoms with Gasteiger partial charge in [-0.2, -0.15) is 0 Å². The van der Waals surface area contributed by atoms with Crippen LogP contribution < -0.4 is 9.62 Å². The van der Waals surface area contributed by atoms with E-state index in [1.165, 1.54) is 17.5 Å². The summed E-state index contributed by atoms with van der Waals surface area (Å²) >= 11 is 7.21. The average Bonchev–Trinajstić information content (AvgIpc) is 2.75. The first-order valence-corrected chi connectivity index (χ1v) is 12.2. The van der Waals surface area contributed by atoms with Crippen LogP contribution in [0, 0.1) is 6.92 Å². The van der Waals surface area contributed by atoms with Crippen molar-refractivity contribution in [1.29, 1.82) is 0 Å². The Hall–Kier alpha value is -2.62. The molecule has 2 aromatic carbocycles. The molecule has 0 saturated heterocycles. The molecule has 0 radical (unpaired) electrons. The van der Waals surface area contributed by atoms with Gasteiger partial charge in [-0.15, -0.1) is 0 Å². The molecule has 1 aliphatic rings. The molecule has 0 saturated carbocycles. The van der Waals surface area contributed by atoms with Gasteiger partial charge < -0.3 is 5.32 Å². The van der Waals surface area contributed by atoms with Crippen LogP contribution in [0.2, 0.25) is 5.02 Å². The zero-order chi connectivity index (χ0) is 22.2. The fraction of sp³-hybridized carbons (Fsp3) is 0.190. The summed E-state index contributed by atoms with van der Waals surface area (Å²) in [5, 5.41) is 3.61. The van der Waals surface area contributed by atoms with Gasteiger partial charge in [-0.1, -0.05) is 53.2 Å². The lowest BCUT2D eigenvalue weighted by molar-refractivity contribution is -0.118. The van der Waals surface area contributed by atoms with E-state index in [4.69, 9.17) is 11.6 Å². The summed E-state index contributed by atoms with van der Waals surface area (Å²) in [6.07, 6.45) is 1.29. The van der Waals surface area contributed by atoms with Crippen molar-refractivity contribution in [2.45, 2.75) is 23.5 Å². The van der Waals surface area contributed by atoms with Gasteiger partial charge in [0.2, 0.25) is 5.91 Å². The van der Waals surface area contributed by atoms with Gasteiger partial charge in [0, 0.05) is 24.2 Å². The van der Waals surface area contributed by atoms with Gasteiger partial charge in [-0.25, -0.2) is 18.4 Å². The minimum Gasteiger partial charge on any atom is -0.351 e. The van der Waals surface area contributed by atoms with Crippen molar-refractivity contribution in [1.82, 2.24) is 15.3 Å². The highest BCUT2D eigenvalue weighted by Gasteiger charge is 2.34. The third-order valence-electron chi connectivity index (χ3n) is 4.87. The van der Waals surface area contributed by atoms with E-state index in [9.17, 15) is 13.2 Å². The van der Waals surface area contributed by atoms with Crippen LogP contribution in [0.15, 0.2) is 58.7 Å². The van der Waals surface area contributed by atoms with Crippen LogP contribution in [0.1, 0.15) is 11.1 Å². The topological polar surface area (TPSA) is 92.3 Å². The van der Waals surface area contributed by atoms with Crippen LogP contribution in [0.25, 0.3) is 11.3 Å². The highest BCUT2D eigenvalue weighted by Crippen LogP contribution is 2.42. The Morgan fingerprint density at radius 1 is 1.19 bits per heavy atom. The molecule has 0 aliphatic carbocycles. The number of nitrogens with one attached hydrogen (secondary N) is 1. The fourth-order valence-electron chi connectivity index (χ4n) is 3.14. The molecule has 1 N–H and O–H groups in total. The van der Waals surface area contributed by atoms with Crippen molar-refractivity contribution in [3.05, 3.63) is 64.8 Å². The molecule has 0 atom stereocenters. The first-order chi connectivity index (χ1) is 14.8. The second-order valence-electron chi connectivity index (χ2n) is 7.05. The molecule has 1 aromatic heterocycles. The number of aromatic nitrogens is 2. The molecule has 0 fully saturated rings. The average molecular weight is 475 g/mol. The van der Waals surface area contributed by atoms with Gasteiger partial charge in [-0.3, -0.25) is 9.10 Å². The van der Waals surface area contributed by atoms with Crippen LogP contribution in [0.5, 0.6) is 0 Å². The quantitative estimate of drug-likeness (QED) is 0.448. The maximum Gasteiger partial charge on any atom is 0.267 e. The largest absolute Gasteiger partial charge is 0.351 e. The Kier molecular flexibility index (Phi) is 5.92. The molecule has 0 unspecified atom stereocenters. The lowest BCUT2D eigenvalue weighted by atomic mass is 10.1. The maximum atomic E-state index is 12.8. The third-order valence-corrected chi connectivity index (χ3v) is 7.74. The highest BCUT2D eigenvalue weighted by molar-refractivity contribution is 7.99. The first kappa shape index (κ1) is 21.6. The predicted molar refractivity (Wildman–Crippen MR) is 122 cm³/mol. The number of carbonyl (C=O) groups is 1. The number of carbonyl (C=O) groups excluding carboxylic acids is 1. The molecule has 4 rings (SSSR count). The van der Waals surface area contributed by atoms with E-state index in [-0.39, 0.29) is 16.6 Å². The van der Waals surface area contributed by atoms with Crippen molar-refractivity contribution in [3.63, 3.8) is 0 Å². The number of nitrogens with zero attached hydrogens (tertiary/aromatic N) is 3. The molecule has 160 valence electrons. The summed E-state index contributed by atoms with van der Waals surface area (Å²) in [7, 11) is -2.31. The zero-order valence-electron chi connectivity index (χ0n) is 16.8. The van der Waals surface area contributed by atoms with Crippen LogP contribution in [-0.4, -0.2) is 37.1 Å². The van der Waals surface area contributed by atoms with Gasteiger partial charge in [0.1, 0.15) is 4.90 Å². The Balaban J connectivity index is 1.50. The van der Waals surface area contributed by atoms with Crippen LogP contribution in [0.4, 0.5) is 5.69 Å². The first-order valence-electron chi connectivity index (χ1n) is 9.36. The van der Waals surface area contributed by atoms with Gasteiger partial charge in [0.05, 0.1) is 23.3 Å². The number of sulfonamides is 1. The Morgan fingerprint density at radius 2 is 1.94 bits per heavy atom. The van der Waals surface area contributed by atoms with Gasteiger partial charge in [-0.05, 0) is 30.7 Å². The minimum atomic E-state index is -3.78. The molecule has 0 bridgehead atoms. The second-order valence-corrected chi connectivity index (χ2v) is 10.4. The summed E-state index contributed by atoms with van der Waals surface area (Å²) in [5.41, 5.74) is 3.57. The number of hydrogen-bond acceptors (Lipinski definition) is 6. The SMILES string of the molecule is Cc1ccc(CNC(=O)CSc2ncc3c(n2)-c2ccc(Cl)cc2N(C)S3(=O)=O)cc1. The van der Waals surface area contributed by atoms with Crippen LogP contribution >= 0.6 is 23.4 Å². The van der Waals surface area contributed by atoms with Crippen LogP contribution in [-0.2, 0) is 21.4 Å². The maximum absolute atomic E-state index is 12.8. The number of fused-ring (bicyclic) bond motifs is 3. The lowest BCUT2D eigenvalue weighted by Gasteiger charge is -2.28. The third kappa shape index (κ3) is 4.39. The van der Waals surface area contributed by atoms with E-state index in [0.717, 1.165) is 22.9 Å². The smallest absolute Gasteiger partial charge is 0.267 e. The molecule has 3 aromatic rings. The number of hydrogen-bond donors (Lipinski definition) is 1. The molecule has 0 spiro atoms. The summed E-state index contributed by atoms with van der Waals surface area (Å²) in [4.78, 5) is 20.8. The molecule has 7 nitrogen and oxygen atoms in total. The number of anilines is 1. The number of amides is 1. The van der Waals surface area contributed by atoms with Gasteiger partial charge in [0.25, 0.3) is 10.0 Å². The predicted octanol–water partition coefficient (Wildman–Crippen LogP) is 3.65. The summed E-state index contributed by atoms with van der Waals surface area (Å²) in [6, 6.07) is 12.9. The molecule has 1 aliphatic heterocycles. The lowest BCUT2D eigenvalue weighted by Crippen LogP contribution is -2.31. The summed E-state index contributed by atoms with van der Waals surface area (Å²) < 4.78 is 26.8. The van der Waals surface area contributed by atoms with E-state index in [0.29, 0.717) is 33.7 Å². The number of halogens is 1. The normalized spacial score (nSPS) is 14.0. The van der Waals surface area contributed by atoms with E-state index < -0.39 is 10.0 Å². The number of benzene rings is 2. The monoisotopic (exact) mass is 474 g/mol. The van der Waals surface area contributed by atoms with Crippen molar-refractivity contribution in [3.8, 4) is 11.3 Å². The minimum absolute atomic E-state index is 0.0259. The number of rotatable bonds is 5. The second kappa shape index (κ2) is 8.49. The molecule has 10 heteroatoms. The Labute approximate surface area is 189 Å². The molecule has 2 heterocycles. The number of thioether (sulfide) groups is 1. The van der Waals surface area contributed by atoms with Gasteiger partial charge >= 0.3 is 0 Å². The summed E-state index contributed by atoms with van der Waals surface area (Å²) in [6.45, 7) is 2.44. The van der Waals surface area contributed by atoms with Crippen molar-refractivity contribution >= 4 is 45.0 Å². The van der Waals surface area contributed by atoms with Gasteiger partial charge in [0.15, 0.2) is 5.16 Å². The standard InChI is InChI=1S/C21H19ClN4O3S2/c1-13-3-5-14(6-4-13)10-23-19(27)12-30-21-24-11-18-20(25-21)16-8-7-15(22)9-17(16)26(2)31(18,28)29/h3-9,11H,10,12H2,1-2H3,(H,23,27). The highest BCUT2D eigenvalue weighted by atomic mass is 35.5. The van der Waals surface area contributed by atoms with E-state index in [1.807, 2.05) is 31.2 Å². The van der Waals surface area contributed by atoms with Crippen molar-refractivity contribution in [2.24, 2.45) is 0 Å². The van der Waals surface area contributed by atoms with E-state index >= 15 is 0 Å². The van der Waals surface area contributed by atoms with E-state index in [2.05, 4.69) is 15.3 Å². The Morgan fingerprint density at radius 3 is 2.68 bits per heavy atom. The van der Waals surface area contributed by atoms with Crippen molar-refractivity contribution < 1.29 is 13.2 Å². The fourth-order valence-corrected chi connectivity index (χ4v) is 5.24. The van der Waals surface area contributed by atoms with E-state index in [1.54, 1.807) is 18.2 Å². The zero-order valence-corrected chi connectivity index (χ0v) is 19.2. The molecular weight excluding hydrogens is 456 g/mol. The summed E-state index contributed by atoms with van der Waals surface area (Å²) in [5.74, 6) is -0.0449.